The first-order valence-corrected chi connectivity index (χ1v) is 8.45. The zero-order valence-electron chi connectivity index (χ0n) is 15.2. The van der Waals surface area contributed by atoms with Gasteiger partial charge in [0.1, 0.15) is 22.9 Å². The van der Waals surface area contributed by atoms with E-state index in [9.17, 15) is 0 Å². The minimum absolute atomic E-state index is 0.518. The lowest BCUT2D eigenvalue weighted by atomic mass is 10.1. The number of methoxy groups -OCH3 is 1. The van der Waals surface area contributed by atoms with Gasteiger partial charge in [0.2, 0.25) is 5.95 Å². The second-order valence-corrected chi connectivity index (χ2v) is 5.99. The molecule has 0 atom stereocenters. The summed E-state index contributed by atoms with van der Waals surface area (Å²) in [5, 5.41) is 6.28. The third kappa shape index (κ3) is 3.37. The highest BCUT2D eigenvalue weighted by atomic mass is 16.5. The van der Waals surface area contributed by atoms with E-state index in [1.165, 1.54) is 0 Å². The topological polar surface area (TPSA) is 101 Å². The van der Waals surface area contributed by atoms with Crippen molar-refractivity contribution in [3.8, 4) is 17.1 Å². The van der Waals surface area contributed by atoms with Gasteiger partial charge in [0.25, 0.3) is 0 Å². The average molecular weight is 361 g/mol. The van der Waals surface area contributed by atoms with E-state index in [4.69, 9.17) is 4.74 Å². The van der Waals surface area contributed by atoms with Gasteiger partial charge >= 0.3 is 0 Å². The summed E-state index contributed by atoms with van der Waals surface area (Å²) in [7, 11) is 3.46. The molecular weight excluding hydrogens is 342 g/mol. The van der Waals surface area contributed by atoms with Crippen LogP contribution in [0.3, 0.4) is 0 Å². The molecule has 0 saturated carbocycles. The molecule has 0 fully saturated rings. The maximum atomic E-state index is 5.51. The predicted octanol–water partition coefficient (Wildman–Crippen LogP) is 3.52. The van der Waals surface area contributed by atoms with Crippen molar-refractivity contribution in [1.29, 1.82) is 0 Å². The summed E-state index contributed by atoms with van der Waals surface area (Å²) >= 11 is 0. The Morgan fingerprint density at radius 2 is 1.96 bits per heavy atom. The molecule has 3 aromatic heterocycles. The summed E-state index contributed by atoms with van der Waals surface area (Å²) in [5.41, 5.74) is 4.25. The lowest BCUT2D eigenvalue weighted by Crippen LogP contribution is -2.02. The van der Waals surface area contributed by atoms with E-state index in [-0.39, 0.29) is 0 Å². The van der Waals surface area contributed by atoms with Gasteiger partial charge in [-0.3, -0.25) is 4.98 Å². The molecule has 8 heteroatoms. The summed E-state index contributed by atoms with van der Waals surface area (Å²) in [5.74, 6) is 2.70. The number of anilines is 3. The van der Waals surface area contributed by atoms with Gasteiger partial charge in [0, 0.05) is 30.7 Å². The number of rotatable bonds is 5. The van der Waals surface area contributed by atoms with E-state index >= 15 is 0 Å². The van der Waals surface area contributed by atoms with Crippen LogP contribution < -0.4 is 15.4 Å². The van der Waals surface area contributed by atoms with Crippen LogP contribution in [0.15, 0.2) is 42.7 Å². The van der Waals surface area contributed by atoms with Gasteiger partial charge in [-0.15, -0.1) is 0 Å². The Kier molecular flexibility index (Phi) is 4.29. The maximum absolute atomic E-state index is 5.51. The van der Waals surface area contributed by atoms with E-state index in [0.29, 0.717) is 17.5 Å². The number of aryl methyl sites for hydroxylation is 1. The Morgan fingerprint density at radius 3 is 2.74 bits per heavy atom. The molecule has 0 saturated heterocycles. The Morgan fingerprint density at radius 1 is 1.07 bits per heavy atom. The van der Waals surface area contributed by atoms with E-state index < -0.39 is 0 Å². The lowest BCUT2D eigenvalue weighted by Gasteiger charge is -2.11. The molecule has 1 aromatic carbocycles. The first-order valence-electron chi connectivity index (χ1n) is 8.45. The second kappa shape index (κ2) is 6.91. The minimum atomic E-state index is 0.518. The summed E-state index contributed by atoms with van der Waals surface area (Å²) in [6, 6.07) is 9.53. The van der Waals surface area contributed by atoms with E-state index in [0.717, 1.165) is 33.8 Å². The van der Waals surface area contributed by atoms with Crippen LogP contribution in [0.1, 0.15) is 5.69 Å². The zero-order valence-corrected chi connectivity index (χ0v) is 15.2. The number of benzene rings is 1. The fourth-order valence-corrected chi connectivity index (χ4v) is 2.84. The molecular formula is C19H19N7O. The van der Waals surface area contributed by atoms with Gasteiger partial charge in [0.15, 0.2) is 0 Å². The molecule has 0 aliphatic rings. The number of nitrogens with zero attached hydrogens (tertiary/aromatic N) is 4. The zero-order chi connectivity index (χ0) is 18.8. The number of aromatic nitrogens is 5. The third-order valence-corrected chi connectivity index (χ3v) is 4.11. The fourth-order valence-electron chi connectivity index (χ4n) is 2.84. The number of aromatic amines is 1. The average Bonchev–Trinajstić information content (AvgIpc) is 3.11. The van der Waals surface area contributed by atoms with Crippen LogP contribution in [-0.2, 0) is 0 Å². The maximum Gasteiger partial charge on any atom is 0.229 e. The fraction of sp³-hybridized carbons (Fsp3) is 0.158. The molecule has 0 bridgehead atoms. The van der Waals surface area contributed by atoms with Crippen LogP contribution in [0.5, 0.6) is 5.75 Å². The van der Waals surface area contributed by atoms with Crippen molar-refractivity contribution in [2.75, 3.05) is 24.8 Å². The van der Waals surface area contributed by atoms with E-state index in [2.05, 4.69) is 35.6 Å². The molecule has 0 aliphatic carbocycles. The molecule has 0 unspecified atom stereocenters. The predicted molar refractivity (Wildman–Crippen MR) is 105 cm³/mol. The first kappa shape index (κ1) is 16.8. The Hall–Kier alpha value is -3.68. The highest BCUT2D eigenvalue weighted by Crippen LogP contribution is 2.32. The van der Waals surface area contributed by atoms with Gasteiger partial charge in [0.05, 0.1) is 24.4 Å². The second-order valence-electron chi connectivity index (χ2n) is 5.99. The molecule has 0 aliphatic heterocycles. The number of hydrogen-bond acceptors (Lipinski definition) is 7. The van der Waals surface area contributed by atoms with Crippen molar-refractivity contribution in [3.63, 3.8) is 0 Å². The van der Waals surface area contributed by atoms with Crippen molar-refractivity contribution in [2.24, 2.45) is 0 Å². The van der Waals surface area contributed by atoms with Crippen molar-refractivity contribution in [2.45, 2.75) is 6.92 Å². The highest BCUT2D eigenvalue weighted by molar-refractivity contribution is 5.81. The number of nitrogens with one attached hydrogen (secondary N) is 3. The summed E-state index contributed by atoms with van der Waals surface area (Å²) in [6.07, 6.45) is 3.46. The summed E-state index contributed by atoms with van der Waals surface area (Å²) < 4.78 is 5.51. The summed E-state index contributed by atoms with van der Waals surface area (Å²) in [6.45, 7) is 1.93. The van der Waals surface area contributed by atoms with Gasteiger partial charge in [-0.1, -0.05) is 0 Å². The number of imidazole rings is 1. The summed E-state index contributed by atoms with van der Waals surface area (Å²) in [4.78, 5) is 20.9. The molecule has 0 amide bonds. The van der Waals surface area contributed by atoms with Crippen molar-refractivity contribution in [3.05, 3.63) is 48.4 Å². The van der Waals surface area contributed by atoms with Gasteiger partial charge in [-0.05, 0) is 31.2 Å². The van der Waals surface area contributed by atoms with Crippen LogP contribution in [0, 0.1) is 6.92 Å². The molecule has 136 valence electrons. The van der Waals surface area contributed by atoms with Crippen molar-refractivity contribution in [1.82, 2.24) is 24.9 Å². The quantitative estimate of drug-likeness (QED) is 0.500. The number of pyridine rings is 1. The molecule has 3 N–H and O–H groups in total. The molecule has 8 nitrogen and oxygen atoms in total. The van der Waals surface area contributed by atoms with Crippen LogP contribution in [-0.4, -0.2) is 39.1 Å². The molecule has 0 spiro atoms. The minimum Gasteiger partial charge on any atom is -0.496 e. The monoisotopic (exact) mass is 361 g/mol. The Balaban J connectivity index is 1.73. The van der Waals surface area contributed by atoms with E-state index in [1.807, 2.05) is 44.3 Å². The Labute approximate surface area is 156 Å². The number of ether oxygens (including phenoxy) is 1. The number of H-pyrrole nitrogens is 1. The first-order chi connectivity index (χ1) is 13.2. The van der Waals surface area contributed by atoms with Gasteiger partial charge in [-0.2, -0.15) is 4.98 Å². The molecule has 4 rings (SSSR count). The number of fused-ring (bicyclic) bond motifs is 1. The van der Waals surface area contributed by atoms with Crippen LogP contribution in [0.2, 0.25) is 0 Å². The molecule has 27 heavy (non-hydrogen) atoms. The van der Waals surface area contributed by atoms with Crippen LogP contribution in [0.25, 0.3) is 22.4 Å². The van der Waals surface area contributed by atoms with Crippen LogP contribution in [0.4, 0.5) is 17.5 Å². The molecule has 4 aromatic rings. The standard InChI is InChI=1S/C19H19N7O/c1-11-8-17(20-2)26-19(22-11)23-12-4-5-16(27-3)13(9-12)18-24-14-6-7-21-10-15(14)25-18/h4-10H,1-3H3,(H,24,25)(H2,20,22,23,26). The SMILES string of the molecule is CNc1cc(C)nc(Nc2ccc(OC)c(-c3nc4cnccc4[nH]3)c2)n1. The third-order valence-electron chi connectivity index (χ3n) is 4.11. The van der Waals surface area contributed by atoms with Gasteiger partial charge < -0.3 is 20.4 Å². The number of hydrogen-bond donors (Lipinski definition) is 3. The van der Waals surface area contributed by atoms with Crippen molar-refractivity contribution >= 4 is 28.5 Å². The van der Waals surface area contributed by atoms with Gasteiger partial charge in [-0.25, -0.2) is 9.97 Å². The molecule has 0 radical (unpaired) electrons. The van der Waals surface area contributed by atoms with Crippen molar-refractivity contribution < 1.29 is 4.74 Å². The highest BCUT2D eigenvalue weighted by Gasteiger charge is 2.13. The Bertz CT molecular complexity index is 1070. The van der Waals surface area contributed by atoms with Crippen LogP contribution >= 0.6 is 0 Å². The normalized spacial score (nSPS) is 10.8. The largest absolute Gasteiger partial charge is 0.496 e. The van der Waals surface area contributed by atoms with E-state index in [1.54, 1.807) is 19.5 Å². The molecule has 3 heterocycles. The lowest BCUT2D eigenvalue weighted by molar-refractivity contribution is 0.416. The smallest absolute Gasteiger partial charge is 0.229 e.